The van der Waals surface area contributed by atoms with Gasteiger partial charge in [-0.3, -0.25) is 0 Å². The molecule has 2 aromatic rings. The maximum atomic E-state index is 10.4. The van der Waals surface area contributed by atoms with Gasteiger partial charge in [0, 0.05) is 15.8 Å². The molecule has 0 unspecified atom stereocenters. The maximum Gasteiger partial charge on any atom is 0.328 e. The van der Waals surface area contributed by atoms with Crippen LogP contribution in [0.25, 0.3) is 6.08 Å². The summed E-state index contributed by atoms with van der Waals surface area (Å²) in [6.07, 6.45) is 2.68. The molecule has 0 aliphatic rings. The number of hydrogen-bond donors (Lipinski definition) is 1. The van der Waals surface area contributed by atoms with Crippen LogP contribution in [-0.2, 0) is 11.4 Å². The number of benzene rings is 1. The van der Waals surface area contributed by atoms with Gasteiger partial charge in [0.25, 0.3) is 0 Å². The molecule has 1 aromatic heterocycles. The molecule has 2 rings (SSSR count). The lowest BCUT2D eigenvalue weighted by molar-refractivity contribution is -0.131. The number of carboxylic acids is 1. The lowest BCUT2D eigenvalue weighted by Gasteiger charge is -2.07. The summed E-state index contributed by atoms with van der Waals surface area (Å²) in [5.74, 6) is -0.301. The van der Waals surface area contributed by atoms with E-state index < -0.39 is 5.97 Å². The highest BCUT2D eigenvalue weighted by atomic mass is 35.5. The van der Waals surface area contributed by atoms with Crippen molar-refractivity contribution in [1.82, 2.24) is 0 Å². The molecule has 0 fully saturated rings. The molecule has 0 bridgehead atoms. The summed E-state index contributed by atoms with van der Waals surface area (Å²) in [5.41, 5.74) is 1.08. The Labute approximate surface area is 126 Å². The van der Waals surface area contributed by atoms with Gasteiger partial charge < -0.3 is 9.84 Å². The van der Waals surface area contributed by atoms with E-state index in [4.69, 9.17) is 21.4 Å². The van der Waals surface area contributed by atoms with Gasteiger partial charge >= 0.3 is 5.97 Å². The van der Waals surface area contributed by atoms with Crippen molar-refractivity contribution in [3.63, 3.8) is 0 Å². The molecule has 0 aliphatic carbocycles. The molecule has 0 atom stereocenters. The third-order valence-electron chi connectivity index (χ3n) is 2.53. The first-order valence-corrected chi connectivity index (χ1v) is 7.13. The largest absolute Gasteiger partial charge is 0.486 e. The molecule has 0 aliphatic heterocycles. The average Bonchev–Trinajstić information content (AvgIpc) is 2.85. The first-order chi connectivity index (χ1) is 9.54. The van der Waals surface area contributed by atoms with Gasteiger partial charge in [-0.05, 0) is 42.8 Å². The number of rotatable bonds is 5. The molecule has 3 nitrogen and oxygen atoms in total. The summed E-state index contributed by atoms with van der Waals surface area (Å²) in [4.78, 5) is 12.3. The van der Waals surface area contributed by atoms with E-state index in [1.807, 2.05) is 37.3 Å². The summed E-state index contributed by atoms with van der Waals surface area (Å²) in [6, 6.07) is 9.40. The standard InChI is InChI=1S/C15H13ClO3S/c1-10-2-6-13(16)14(8-10)19-9-12-4-3-11(20-12)5-7-15(17)18/h2-8H,9H2,1H3,(H,17,18). The van der Waals surface area contributed by atoms with Gasteiger partial charge in [0.2, 0.25) is 0 Å². The highest BCUT2D eigenvalue weighted by Crippen LogP contribution is 2.27. The van der Waals surface area contributed by atoms with Crippen LogP contribution in [0.5, 0.6) is 5.75 Å². The van der Waals surface area contributed by atoms with Gasteiger partial charge in [-0.25, -0.2) is 4.79 Å². The molecular formula is C15H13ClO3S. The Morgan fingerprint density at radius 1 is 1.40 bits per heavy atom. The van der Waals surface area contributed by atoms with Crippen LogP contribution in [0.2, 0.25) is 5.02 Å². The highest BCUT2D eigenvalue weighted by molar-refractivity contribution is 7.12. The summed E-state index contributed by atoms with van der Waals surface area (Å²) in [7, 11) is 0. The third-order valence-corrected chi connectivity index (χ3v) is 3.87. The summed E-state index contributed by atoms with van der Waals surface area (Å²) in [5, 5.41) is 9.15. The number of carbonyl (C=O) groups is 1. The Balaban J connectivity index is 2.01. The van der Waals surface area contributed by atoms with Crippen molar-refractivity contribution in [2.24, 2.45) is 0 Å². The fraction of sp³-hybridized carbons (Fsp3) is 0.133. The molecule has 0 radical (unpaired) electrons. The molecule has 104 valence electrons. The lowest BCUT2D eigenvalue weighted by atomic mass is 10.2. The molecule has 20 heavy (non-hydrogen) atoms. The molecule has 0 saturated carbocycles. The molecule has 1 heterocycles. The van der Waals surface area contributed by atoms with E-state index in [-0.39, 0.29) is 0 Å². The van der Waals surface area contributed by atoms with E-state index in [1.165, 1.54) is 11.3 Å². The Morgan fingerprint density at radius 2 is 2.20 bits per heavy atom. The zero-order valence-corrected chi connectivity index (χ0v) is 12.4. The first-order valence-electron chi connectivity index (χ1n) is 5.93. The van der Waals surface area contributed by atoms with Crippen LogP contribution < -0.4 is 4.74 Å². The number of aryl methyl sites for hydroxylation is 1. The second kappa shape index (κ2) is 6.59. The second-order valence-electron chi connectivity index (χ2n) is 4.20. The van der Waals surface area contributed by atoms with E-state index >= 15 is 0 Å². The molecule has 5 heteroatoms. The fourth-order valence-corrected chi connectivity index (χ4v) is 2.59. The maximum absolute atomic E-state index is 10.4. The Bertz CT molecular complexity index is 646. The van der Waals surface area contributed by atoms with Crippen LogP contribution in [-0.4, -0.2) is 11.1 Å². The van der Waals surface area contributed by atoms with Crippen LogP contribution in [0.3, 0.4) is 0 Å². The summed E-state index contributed by atoms with van der Waals surface area (Å²) >= 11 is 7.54. The van der Waals surface area contributed by atoms with Crippen molar-refractivity contribution >= 4 is 35.0 Å². The second-order valence-corrected chi connectivity index (χ2v) is 5.81. The van der Waals surface area contributed by atoms with Crippen molar-refractivity contribution in [3.8, 4) is 5.75 Å². The van der Waals surface area contributed by atoms with Gasteiger partial charge in [0.1, 0.15) is 12.4 Å². The predicted molar refractivity (Wildman–Crippen MR) is 81.5 cm³/mol. The minimum Gasteiger partial charge on any atom is -0.486 e. The van der Waals surface area contributed by atoms with Crippen LogP contribution in [0.15, 0.2) is 36.4 Å². The SMILES string of the molecule is Cc1ccc(Cl)c(OCc2ccc(C=CC(=O)O)s2)c1. The number of aliphatic carboxylic acids is 1. The van der Waals surface area contributed by atoms with E-state index in [0.717, 1.165) is 21.4 Å². The molecule has 1 N–H and O–H groups in total. The third kappa shape index (κ3) is 4.11. The van der Waals surface area contributed by atoms with Crippen LogP contribution in [0.4, 0.5) is 0 Å². The first kappa shape index (κ1) is 14.6. The molecule has 0 saturated heterocycles. The fourth-order valence-electron chi connectivity index (χ4n) is 1.59. The number of carboxylic acid groups (broad SMARTS) is 1. The smallest absolute Gasteiger partial charge is 0.328 e. The van der Waals surface area contributed by atoms with E-state index in [1.54, 1.807) is 6.08 Å². The van der Waals surface area contributed by atoms with Crippen LogP contribution >= 0.6 is 22.9 Å². The molecule has 1 aromatic carbocycles. The van der Waals surface area contributed by atoms with Crippen molar-refractivity contribution in [2.45, 2.75) is 13.5 Å². The lowest BCUT2D eigenvalue weighted by Crippen LogP contribution is -1.93. The number of halogens is 1. The van der Waals surface area contributed by atoms with Gasteiger partial charge in [-0.1, -0.05) is 17.7 Å². The van der Waals surface area contributed by atoms with E-state index in [0.29, 0.717) is 17.4 Å². The molecule has 0 amide bonds. The van der Waals surface area contributed by atoms with Gasteiger partial charge in [-0.2, -0.15) is 0 Å². The Hall–Kier alpha value is -1.78. The number of ether oxygens (including phenoxy) is 1. The zero-order valence-electron chi connectivity index (χ0n) is 10.8. The van der Waals surface area contributed by atoms with E-state index in [2.05, 4.69) is 0 Å². The van der Waals surface area contributed by atoms with Crippen molar-refractivity contribution in [2.75, 3.05) is 0 Å². The van der Waals surface area contributed by atoms with E-state index in [9.17, 15) is 4.79 Å². The number of hydrogen-bond acceptors (Lipinski definition) is 3. The minimum absolute atomic E-state index is 0.411. The monoisotopic (exact) mass is 308 g/mol. The topological polar surface area (TPSA) is 46.5 Å². The molecular weight excluding hydrogens is 296 g/mol. The highest BCUT2D eigenvalue weighted by Gasteiger charge is 2.04. The quantitative estimate of drug-likeness (QED) is 0.833. The van der Waals surface area contributed by atoms with Gasteiger partial charge in [0.05, 0.1) is 5.02 Å². The predicted octanol–water partition coefficient (Wildman–Crippen LogP) is 4.39. The summed E-state index contributed by atoms with van der Waals surface area (Å²) < 4.78 is 5.68. The van der Waals surface area contributed by atoms with Crippen molar-refractivity contribution < 1.29 is 14.6 Å². The average molecular weight is 309 g/mol. The normalized spacial score (nSPS) is 10.9. The van der Waals surface area contributed by atoms with Crippen LogP contribution in [0, 0.1) is 6.92 Å². The van der Waals surface area contributed by atoms with Gasteiger partial charge in [-0.15, -0.1) is 11.3 Å². The minimum atomic E-state index is -0.956. The van der Waals surface area contributed by atoms with Crippen molar-refractivity contribution in [3.05, 3.63) is 56.7 Å². The molecule has 0 spiro atoms. The Morgan fingerprint density at radius 3 is 2.95 bits per heavy atom. The van der Waals surface area contributed by atoms with Crippen LogP contribution in [0.1, 0.15) is 15.3 Å². The summed E-state index contributed by atoms with van der Waals surface area (Å²) in [6.45, 7) is 2.39. The van der Waals surface area contributed by atoms with Gasteiger partial charge in [0.15, 0.2) is 0 Å². The van der Waals surface area contributed by atoms with Crippen molar-refractivity contribution in [1.29, 1.82) is 0 Å². The zero-order chi connectivity index (χ0) is 14.5. The Kier molecular flexibility index (Phi) is 4.82. The number of thiophene rings is 1.